The van der Waals surface area contributed by atoms with Crippen LogP contribution >= 0.6 is 0 Å². The lowest BCUT2D eigenvalue weighted by Crippen LogP contribution is -1.92. The van der Waals surface area contributed by atoms with Crippen molar-refractivity contribution in [1.82, 2.24) is 0 Å². The Kier molecular flexibility index (Phi) is 4.13. The smallest absolute Gasteiger partial charge is 0.136 e. The molecule has 2 heterocycles. The van der Waals surface area contributed by atoms with Crippen molar-refractivity contribution >= 4 is 97.7 Å². The molecule has 2 aromatic heterocycles. The van der Waals surface area contributed by atoms with E-state index in [4.69, 9.17) is 54.1 Å². The van der Waals surface area contributed by atoms with E-state index >= 15 is 0 Å². The summed E-state index contributed by atoms with van der Waals surface area (Å²) in [5.41, 5.74) is -8.81. The van der Waals surface area contributed by atoms with Gasteiger partial charge < -0.3 is 8.83 Å². The Morgan fingerprint density at radius 2 is 0.500 bits per heavy atom. The van der Waals surface area contributed by atoms with E-state index in [2.05, 4.69) is 0 Å². The normalized spacial score (nSPS) is 20.2. The zero-order valence-electron chi connectivity index (χ0n) is 83.8. The van der Waals surface area contributed by atoms with E-state index in [1.165, 1.54) is 0 Å². The second-order valence-electron chi connectivity index (χ2n) is 16.3. The highest BCUT2D eigenvalue weighted by atomic mass is 16.3. The monoisotopic (exact) mass is 1010 g/mol. The maximum Gasteiger partial charge on any atom is 0.136 e. The number of hydrogen-bond acceptors (Lipinski definition) is 2. The van der Waals surface area contributed by atoms with Gasteiger partial charge in [0.25, 0.3) is 0 Å². The largest absolute Gasteiger partial charge is 0.456 e. The third kappa shape index (κ3) is 6.96. The highest BCUT2D eigenvalue weighted by molar-refractivity contribution is 6.28. The van der Waals surface area contributed by atoms with E-state index in [9.17, 15) is 17.8 Å². The van der Waals surface area contributed by atoms with E-state index < -0.39 is 431 Å². The van der Waals surface area contributed by atoms with Crippen LogP contribution in [0, 0.1) is 0 Å². The van der Waals surface area contributed by atoms with Gasteiger partial charge in [-0.3, -0.25) is 0 Å². The number of hydrogen-bond donors (Lipinski definition) is 0. The molecular weight excluding hydrogens is 921 g/mol. The molecule has 0 radical (unpaired) electrons. The zero-order chi connectivity index (χ0) is 90.1. The lowest BCUT2D eigenvalue weighted by molar-refractivity contribution is 0.668. The molecule has 0 aliphatic carbocycles. The third-order valence-electron chi connectivity index (χ3n) is 12.3. The first-order valence-corrected chi connectivity index (χ1v) is 22.3. The quantitative estimate of drug-likeness (QED) is 0.161. The van der Waals surface area contributed by atoms with Gasteiger partial charge in [-0.25, -0.2) is 0 Å². The fraction of sp³-hybridized carbons (Fsp3) is 0. The summed E-state index contributed by atoms with van der Waals surface area (Å²) in [6, 6.07) is -40.2. The summed E-state index contributed by atoms with van der Waals surface area (Å²) in [6.07, 6.45) is 0. The summed E-state index contributed by atoms with van der Waals surface area (Å²) in [5, 5.41) is -8.11. The predicted molar refractivity (Wildman–Crippen MR) is 322 cm³/mol. The van der Waals surface area contributed by atoms with E-state index in [-0.39, 0.29) is 0 Å². The summed E-state index contributed by atoms with van der Waals surface area (Å²) >= 11 is 0. The molecule has 0 fully saturated rings. The van der Waals surface area contributed by atoms with Crippen molar-refractivity contribution in [3.63, 3.8) is 0 Å². The molecule has 0 bridgehead atoms. The van der Waals surface area contributed by atoms with Crippen LogP contribution in [0.15, 0.2) is 287 Å². The number of fused-ring (bicyclic) bond motifs is 11. The zero-order valence-corrected chi connectivity index (χ0v) is 37.8. The standard InChI is InChI=1S/C38H24O.C36H22O/c1-2-11-25(12-3-1)26-21-23-27(24-22-26)36-28-13-4-6-15-30(28)37(31-16-7-5-14-29(31)36)33-18-10-20-35-38(33)32-17-8-9-19-34(32)39-35;1-2-13-24-23(11-1)12-9-19-25(24)34-26-14-3-5-16-28(26)35(29-17-6-4-15-27(29)34)31-20-10-22-33-36(31)30-18-7-8-21-32(30)37-33/h1-24H;1-22H/i1D,2D,3D,4D,5D,6D,7D,8D,9D,10D,11D,12D,13D,14D,15D,16D,17D,18D,19D,20D,21D,22D,23D,24D;1D,2D,3D,4D,5D,6D,7D,8D,9D,10D,11D,12D,13D,14D,15D,16D,17D,18D,19D,20D,21D,22D. The maximum atomic E-state index is 9.33. The van der Waals surface area contributed by atoms with Crippen LogP contribution in [0.25, 0.3) is 153 Å². The van der Waals surface area contributed by atoms with Crippen LogP contribution in [0.3, 0.4) is 0 Å². The fourth-order valence-electron chi connectivity index (χ4n) is 9.28. The van der Waals surface area contributed by atoms with Crippen LogP contribution in [-0.2, 0) is 0 Å². The summed E-state index contributed by atoms with van der Waals surface area (Å²) in [6.45, 7) is 0. The molecule has 0 aliphatic rings. The summed E-state index contributed by atoms with van der Waals surface area (Å²) in [7, 11) is 0. The van der Waals surface area contributed by atoms with Gasteiger partial charge in [-0.2, -0.15) is 0 Å². The van der Waals surface area contributed by atoms with Crippen molar-refractivity contribution in [2.45, 2.75) is 0 Å². The van der Waals surface area contributed by atoms with E-state index in [0.29, 0.717) is 0 Å². The van der Waals surface area contributed by atoms with E-state index in [0.717, 1.165) is 0 Å². The minimum Gasteiger partial charge on any atom is -0.456 e. The van der Waals surface area contributed by atoms with Crippen molar-refractivity contribution < 1.29 is 71.9 Å². The molecule has 14 aromatic carbocycles. The Balaban J connectivity index is 0.000000190. The fourth-order valence-corrected chi connectivity index (χ4v) is 9.28. The van der Waals surface area contributed by atoms with Gasteiger partial charge in [0.15, 0.2) is 0 Å². The van der Waals surface area contributed by atoms with Crippen LogP contribution < -0.4 is 0 Å². The van der Waals surface area contributed by atoms with Crippen molar-refractivity contribution in [1.29, 1.82) is 0 Å². The van der Waals surface area contributed by atoms with Gasteiger partial charge >= 0.3 is 0 Å². The average molecular weight is 1010 g/mol. The molecule has 2 nitrogen and oxygen atoms in total. The average Bonchev–Trinajstić information content (AvgIpc) is 1.10. The van der Waals surface area contributed by atoms with Gasteiger partial charge in [0.05, 0.1) is 63.1 Å². The second kappa shape index (κ2) is 17.9. The number of benzene rings is 14. The Hall–Kier alpha value is -10.0. The first-order valence-electron chi connectivity index (χ1n) is 45.3. The summed E-state index contributed by atoms with van der Waals surface area (Å²) in [4.78, 5) is 0. The number of furan rings is 2. The molecule has 0 amide bonds. The van der Waals surface area contributed by atoms with Gasteiger partial charge in [-0.05, 0) is 134 Å². The third-order valence-corrected chi connectivity index (χ3v) is 12.3. The van der Waals surface area contributed by atoms with Gasteiger partial charge in [0, 0.05) is 21.5 Å². The van der Waals surface area contributed by atoms with E-state index in [1.807, 2.05) is 0 Å². The van der Waals surface area contributed by atoms with E-state index in [1.54, 1.807) is 0 Å². The maximum absolute atomic E-state index is 9.33. The molecule has 16 aromatic rings. The summed E-state index contributed by atoms with van der Waals surface area (Å²) in [5.74, 6) is 0. The molecule has 0 saturated carbocycles. The van der Waals surface area contributed by atoms with Gasteiger partial charge in [-0.1, -0.05) is 254 Å². The molecule has 354 valence electrons. The molecule has 0 aliphatic heterocycles. The van der Waals surface area contributed by atoms with Gasteiger partial charge in [0.1, 0.15) is 22.3 Å². The second-order valence-corrected chi connectivity index (χ2v) is 16.3. The Morgan fingerprint density at radius 3 is 0.974 bits per heavy atom. The number of para-hydroxylation sites is 2. The molecule has 0 unspecified atom stereocenters. The van der Waals surface area contributed by atoms with Crippen molar-refractivity contribution in [2.24, 2.45) is 0 Å². The minimum absolute atomic E-state index is 0.421. The van der Waals surface area contributed by atoms with Crippen molar-refractivity contribution in [3.05, 3.63) is 278 Å². The number of rotatable bonds is 5. The Morgan fingerprint density at radius 1 is 0.197 bits per heavy atom. The molecule has 2 heteroatoms. The first kappa shape index (κ1) is 17.6. The van der Waals surface area contributed by atoms with Crippen molar-refractivity contribution in [2.75, 3.05) is 0 Å². The Labute approximate surface area is 503 Å². The lowest BCUT2D eigenvalue weighted by atomic mass is 9.84. The van der Waals surface area contributed by atoms with Gasteiger partial charge in [0.2, 0.25) is 0 Å². The van der Waals surface area contributed by atoms with Gasteiger partial charge in [-0.15, -0.1) is 0 Å². The Bertz CT molecular complexity index is 7520. The van der Waals surface area contributed by atoms with Crippen LogP contribution in [0.2, 0.25) is 0 Å². The molecule has 76 heavy (non-hydrogen) atoms. The molecular formula is C74H46O2. The molecule has 0 atom stereocenters. The van der Waals surface area contributed by atoms with Crippen LogP contribution in [-0.4, -0.2) is 0 Å². The topological polar surface area (TPSA) is 26.3 Å². The molecule has 0 saturated heterocycles. The highest BCUT2D eigenvalue weighted by Gasteiger charge is 2.23. The molecule has 0 N–H and O–H groups in total. The molecule has 0 spiro atoms. The van der Waals surface area contributed by atoms with Crippen molar-refractivity contribution in [3.8, 4) is 55.6 Å². The minimum atomic E-state index is -1.03. The molecule has 16 rings (SSSR count). The first-order chi connectivity index (χ1) is 56.9. The SMILES string of the molecule is [2H]c1c([2H])c([2H])c(-c2c([2H])c([2H])c(-c3c4c([2H])c([2H])c([2H])c([2H])c4c(-c4c([2H])c([2H])c([2H])c5oc6c([2H])c([2H])c([2H])c([2H])c6c45)c4c([2H])c([2H])c([2H])c([2H])c34)c([2H])c2[2H])c([2H])c1[2H].[2H]c1c([2H])c([2H])c2c(oc3c([2H])c([2H])c([2H])c(-c4c5c([2H])c([2H])c([2H])c([2H])c5c(-c5c([2H])c([2H])c([2H])c6c([2H])c([2H])c([2H])c([2H])c56)c5c([2H])c([2H])c([2H])c([2H])c45)c32)c1[2H]. The van der Waals surface area contributed by atoms with Crippen LogP contribution in [0.1, 0.15) is 63.1 Å². The predicted octanol–water partition coefficient (Wildman–Crippen LogP) is 21.3. The highest BCUT2D eigenvalue weighted by Crippen LogP contribution is 2.49. The lowest BCUT2D eigenvalue weighted by Gasteiger charge is -2.19. The van der Waals surface area contributed by atoms with Crippen LogP contribution in [0.5, 0.6) is 0 Å². The summed E-state index contributed by atoms with van der Waals surface area (Å²) < 4.78 is 417. The van der Waals surface area contributed by atoms with Crippen LogP contribution in [0.4, 0.5) is 0 Å².